The number of carboxylic acids is 1. The number of carbonyl (C=O) groups is 2. The zero-order valence-electron chi connectivity index (χ0n) is 12.9. The summed E-state index contributed by atoms with van der Waals surface area (Å²) in [5.41, 5.74) is 0. The summed E-state index contributed by atoms with van der Waals surface area (Å²) in [4.78, 5) is 26.9. The molecule has 0 radical (unpaired) electrons. The van der Waals surface area contributed by atoms with Crippen molar-refractivity contribution in [1.82, 2.24) is 4.90 Å². The van der Waals surface area contributed by atoms with Crippen LogP contribution in [0.25, 0.3) is 0 Å². The summed E-state index contributed by atoms with van der Waals surface area (Å²) in [6.45, 7) is 2.86. The fourth-order valence-electron chi connectivity index (χ4n) is 3.30. The zero-order valence-corrected chi connectivity index (χ0v) is 15.3. The van der Waals surface area contributed by atoms with Crippen molar-refractivity contribution in [2.45, 2.75) is 29.9 Å². The number of hydrogen-bond acceptors (Lipinski definition) is 3. The molecular weight excluding hydrogens is 378 g/mol. The third-order valence-corrected chi connectivity index (χ3v) is 6.32. The van der Waals surface area contributed by atoms with Gasteiger partial charge >= 0.3 is 5.97 Å². The molecule has 1 aromatic carbocycles. The van der Waals surface area contributed by atoms with Gasteiger partial charge in [0.05, 0.1) is 11.2 Å². The molecule has 3 rings (SSSR count). The second-order valence-electron chi connectivity index (χ2n) is 6.40. The molecule has 4 nitrogen and oxygen atoms in total. The summed E-state index contributed by atoms with van der Waals surface area (Å²) < 4.78 is 1.01. The number of carboxylic acid groups (broad SMARTS) is 1. The minimum absolute atomic E-state index is 0.0484. The van der Waals surface area contributed by atoms with Crippen LogP contribution >= 0.6 is 27.7 Å². The Kier molecular flexibility index (Phi) is 5.01. The lowest BCUT2D eigenvalue weighted by atomic mass is 9.92. The highest BCUT2D eigenvalue weighted by molar-refractivity contribution is 9.10. The van der Waals surface area contributed by atoms with Crippen LogP contribution in [0.5, 0.6) is 0 Å². The highest BCUT2D eigenvalue weighted by atomic mass is 79.9. The molecule has 2 aliphatic rings. The molecule has 1 unspecified atom stereocenters. The molecular formula is C17H20BrNO3S. The van der Waals surface area contributed by atoms with Gasteiger partial charge in [-0.05, 0) is 55.9 Å². The van der Waals surface area contributed by atoms with Gasteiger partial charge in [0.2, 0.25) is 5.91 Å². The minimum atomic E-state index is -0.759. The fourth-order valence-corrected chi connectivity index (χ4v) is 4.51. The van der Waals surface area contributed by atoms with Crippen LogP contribution in [0.4, 0.5) is 0 Å². The van der Waals surface area contributed by atoms with Gasteiger partial charge in [-0.1, -0.05) is 15.9 Å². The smallest absolute Gasteiger partial charge is 0.308 e. The first-order valence-corrected chi connectivity index (χ1v) is 9.57. The molecule has 1 N–H and O–H groups in total. The first-order chi connectivity index (χ1) is 11.0. The monoisotopic (exact) mass is 397 g/mol. The largest absolute Gasteiger partial charge is 0.481 e. The average Bonchev–Trinajstić information content (AvgIpc) is 3.27. The number of benzene rings is 1. The molecule has 1 saturated heterocycles. The molecule has 3 atom stereocenters. The Morgan fingerprint density at radius 1 is 1.26 bits per heavy atom. The predicted molar refractivity (Wildman–Crippen MR) is 93.4 cm³/mol. The van der Waals surface area contributed by atoms with E-state index in [2.05, 4.69) is 15.9 Å². The van der Waals surface area contributed by atoms with Gasteiger partial charge in [0.25, 0.3) is 0 Å². The number of likely N-dealkylation sites (tertiary alicyclic amines) is 1. The van der Waals surface area contributed by atoms with Crippen molar-refractivity contribution in [3.05, 3.63) is 28.7 Å². The van der Waals surface area contributed by atoms with Crippen LogP contribution < -0.4 is 0 Å². The third-order valence-electron chi connectivity index (χ3n) is 4.70. The molecule has 23 heavy (non-hydrogen) atoms. The molecule has 2 fully saturated rings. The summed E-state index contributed by atoms with van der Waals surface area (Å²) in [6, 6.07) is 7.88. The van der Waals surface area contributed by atoms with E-state index in [4.69, 9.17) is 0 Å². The van der Waals surface area contributed by atoms with Crippen LogP contribution in [-0.2, 0) is 9.59 Å². The summed E-state index contributed by atoms with van der Waals surface area (Å²) in [6.07, 6.45) is 2.22. The molecule has 1 heterocycles. The van der Waals surface area contributed by atoms with Gasteiger partial charge < -0.3 is 10.0 Å². The fraction of sp³-hybridized carbons (Fsp3) is 0.529. The van der Waals surface area contributed by atoms with Gasteiger partial charge in [-0.25, -0.2) is 0 Å². The van der Waals surface area contributed by atoms with E-state index >= 15 is 0 Å². The second kappa shape index (κ2) is 6.85. The molecule has 0 spiro atoms. The van der Waals surface area contributed by atoms with E-state index < -0.39 is 11.9 Å². The molecule has 124 valence electrons. The maximum atomic E-state index is 12.7. The van der Waals surface area contributed by atoms with E-state index in [1.54, 1.807) is 4.90 Å². The van der Waals surface area contributed by atoms with Gasteiger partial charge in [-0.2, -0.15) is 0 Å². The molecule has 1 aliphatic carbocycles. The lowest BCUT2D eigenvalue weighted by Crippen LogP contribution is -2.35. The summed E-state index contributed by atoms with van der Waals surface area (Å²) in [5, 5.41) is 9.21. The Morgan fingerprint density at radius 3 is 2.48 bits per heavy atom. The van der Waals surface area contributed by atoms with Crippen LogP contribution in [0.15, 0.2) is 33.6 Å². The summed E-state index contributed by atoms with van der Waals surface area (Å²) >= 11 is 4.92. The Morgan fingerprint density at radius 2 is 1.91 bits per heavy atom. The average molecular weight is 398 g/mol. The van der Waals surface area contributed by atoms with Crippen LogP contribution in [0, 0.1) is 17.8 Å². The third kappa shape index (κ3) is 3.91. The number of halogens is 1. The Bertz CT molecular complexity index is 602. The summed E-state index contributed by atoms with van der Waals surface area (Å²) in [5.74, 6) is -0.460. The number of rotatable bonds is 5. The number of amides is 1. The van der Waals surface area contributed by atoms with Crippen LogP contribution in [-0.4, -0.2) is 40.2 Å². The number of nitrogens with zero attached hydrogens (tertiary/aromatic N) is 1. The number of aliphatic carboxylic acids is 1. The molecule has 6 heteroatoms. The topological polar surface area (TPSA) is 57.6 Å². The Balaban J connectivity index is 1.63. The van der Waals surface area contributed by atoms with Gasteiger partial charge in [0, 0.05) is 22.5 Å². The zero-order chi connectivity index (χ0) is 16.6. The van der Waals surface area contributed by atoms with E-state index in [-0.39, 0.29) is 17.1 Å². The van der Waals surface area contributed by atoms with E-state index in [0.29, 0.717) is 19.0 Å². The van der Waals surface area contributed by atoms with Crippen molar-refractivity contribution in [1.29, 1.82) is 0 Å². The second-order valence-corrected chi connectivity index (χ2v) is 8.73. The first-order valence-electron chi connectivity index (χ1n) is 7.89. The SMILES string of the molecule is CC(Sc1ccc(Br)cc1)C(=O)N1C[C@H](C(=O)O)[C@@H](C2CC2)C1. The molecule has 0 bridgehead atoms. The van der Waals surface area contributed by atoms with Gasteiger partial charge in [0.1, 0.15) is 0 Å². The van der Waals surface area contributed by atoms with Crippen molar-refractivity contribution < 1.29 is 14.7 Å². The van der Waals surface area contributed by atoms with Crippen LogP contribution in [0.3, 0.4) is 0 Å². The molecule has 1 amide bonds. The van der Waals surface area contributed by atoms with Crippen molar-refractivity contribution in [3.8, 4) is 0 Å². The predicted octanol–water partition coefficient (Wildman–Crippen LogP) is 3.50. The highest BCUT2D eigenvalue weighted by Gasteiger charge is 2.47. The normalized spacial score (nSPS) is 25.4. The van der Waals surface area contributed by atoms with E-state index in [0.717, 1.165) is 22.2 Å². The molecule has 0 aromatic heterocycles. The molecule has 1 aliphatic heterocycles. The van der Waals surface area contributed by atoms with Crippen molar-refractivity contribution in [2.24, 2.45) is 17.8 Å². The Labute approximate surface area is 148 Å². The van der Waals surface area contributed by atoms with Gasteiger partial charge in [-0.3, -0.25) is 9.59 Å². The number of carbonyl (C=O) groups excluding carboxylic acids is 1. The lowest BCUT2D eigenvalue weighted by Gasteiger charge is -2.20. The van der Waals surface area contributed by atoms with E-state index in [1.165, 1.54) is 11.8 Å². The maximum absolute atomic E-state index is 12.7. The van der Waals surface area contributed by atoms with Crippen LogP contribution in [0.1, 0.15) is 19.8 Å². The minimum Gasteiger partial charge on any atom is -0.481 e. The highest BCUT2D eigenvalue weighted by Crippen LogP contribution is 2.44. The Hall–Kier alpha value is -1.01. The lowest BCUT2D eigenvalue weighted by molar-refractivity contribution is -0.142. The molecule has 1 aromatic rings. The van der Waals surface area contributed by atoms with E-state index in [9.17, 15) is 14.7 Å². The number of hydrogen-bond donors (Lipinski definition) is 1. The quantitative estimate of drug-likeness (QED) is 0.772. The van der Waals surface area contributed by atoms with Crippen molar-refractivity contribution >= 4 is 39.6 Å². The molecule has 1 saturated carbocycles. The van der Waals surface area contributed by atoms with Gasteiger partial charge in [0.15, 0.2) is 0 Å². The van der Waals surface area contributed by atoms with Gasteiger partial charge in [-0.15, -0.1) is 11.8 Å². The van der Waals surface area contributed by atoms with E-state index in [1.807, 2.05) is 31.2 Å². The van der Waals surface area contributed by atoms with Crippen LogP contribution in [0.2, 0.25) is 0 Å². The summed E-state index contributed by atoms with van der Waals surface area (Å²) in [7, 11) is 0. The standard InChI is InChI=1S/C17H20BrNO3S/c1-10(23-13-6-4-12(18)5-7-13)16(20)19-8-14(11-2-3-11)15(9-19)17(21)22/h4-7,10-11,14-15H,2-3,8-9H2,1H3,(H,21,22)/t10?,14-,15+/m1/s1. The van der Waals surface area contributed by atoms with Crippen molar-refractivity contribution in [3.63, 3.8) is 0 Å². The van der Waals surface area contributed by atoms with Crippen molar-refractivity contribution in [2.75, 3.05) is 13.1 Å². The number of thioether (sulfide) groups is 1. The first kappa shape index (κ1) is 16.8. The maximum Gasteiger partial charge on any atom is 0.308 e.